The minimum absolute atomic E-state index is 0.0146. The fourth-order valence-corrected chi connectivity index (χ4v) is 11.1. The number of likely N-dealkylation sites (tertiary alicyclic amines) is 1. The normalized spacial score (nSPS) is 32.2. The predicted octanol–water partition coefficient (Wildman–Crippen LogP) is 8.58. The molecule has 6 atom stereocenters. The second-order valence-corrected chi connectivity index (χ2v) is 14.3. The van der Waals surface area contributed by atoms with Crippen molar-refractivity contribution in [1.82, 2.24) is 9.88 Å². The number of hydrogen-bond donors (Lipinski definition) is 2. The molecule has 2 aliphatic heterocycles. The summed E-state index contributed by atoms with van der Waals surface area (Å²) in [4.78, 5) is 6.57. The highest BCUT2D eigenvalue weighted by molar-refractivity contribution is 6.31. The van der Waals surface area contributed by atoms with Gasteiger partial charge in [0.15, 0.2) is 17.4 Å². The molecule has 2 saturated heterocycles. The highest BCUT2D eigenvalue weighted by atomic mass is 35.5. The number of hydrogen-bond acceptors (Lipinski definition) is 4. The van der Waals surface area contributed by atoms with Crippen molar-refractivity contribution >= 4 is 34.1 Å². The van der Waals surface area contributed by atoms with Gasteiger partial charge in [-0.15, -0.1) is 6.58 Å². The Morgan fingerprint density at radius 1 is 1.11 bits per heavy atom. The lowest BCUT2D eigenvalue weighted by Crippen LogP contribution is -2.76. The molecule has 9 rings (SSSR count). The molecule has 4 aromatic rings. The molecule has 0 radical (unpaired) electrons. The van der Waals surface area contributed by atoms with Crippen LogP contribution in [0.15, 0.2) is 109 Å². The van der Waals surface area contributed by atoms with Crippen molar-refractivity contribution in [3.05, 3.63) is 137 Å². The number of para-hydroxylation sites is 1. The zero-order chi connectivity index (χ0) is 31.3. The van der Waals surface area contributed by atoms with Crippen molar-refractivity contribution in [3.63, 3.8) is 0 Å². The van der Waals surface area contributed by atoms with Crippen molar-refractivity contribution in [1.29, 1.82) is 0 Å². The van der Waals surface area contributed by atoms with Crippen LogP contribution in [0.5, 0.6) is 5.75 Å². The first-order valence-corrected chi connectivity index (χ1v) is 17.2. The van der Waals surface area contributed by atoms with E-state index in [4.69, 9.17) is 32.7 Å². The number of aromatic nitrogens is 1. The predicted molar refractivity (Wildman–Crippen MR) is 182 cm³/mol. The van der Waals surface area contributed by atoms with Crippen LogP contribution in [0.2, 0.25) is 5.02 Å². The summed E-state index contributed by atoms with van der Waals surface area (Å²) in [5.41, 5.74) is 4.06. The van der Waals surface area contributed by atoms with Crippen LogP contribution in [0.25, 0.3) is 10.9 Å². The minimum atomic E-state index is -0.842. The van der Waals surface area contributed by atoms with E-state index >= 15 is 0 Å². The molecule has 2 N–H and O–H groups in total. The number of halogens is 2. The third-order valence-corrected chi connectivity index (χ3v) is 12.6. The molecule has 5 nitrogen and oxygen atoms in total. The molecule has 2 bridgehead atoms. The Labute approximate surface area is 279 Å². The summed E-state index contributed by atoms with van der Waals surface area (Å²) < 4.78 is 13.5. The number of H-pyrrole nitrogens is 1. The zero-order valence-electron chi connectivity index (χ0n) is 25.5. The summed E-state index contributed by atoms with van der Waals surface area (Å²) in [6, 6.07) is 25.6. The van der Waals surface area contributed by atoms with Gasteiger partial charge >= 0.3 is 0 Å². The van der Waals surface area contributed by atoms with Gasteiger partial charge in [-0.3, -0.25) is 4.90 Å². The van der Waals surface area contributed by atoms with Crippen LogP contribution in [0.3, 0.4) is 0 Å². The first-order chi connectivity index (χ1) is 22.5. The van der Waals surface area contributed by atoms with Crippen LogP contribution in [-0.2, 0) is 28.6 Å². The minimum Gasteiger partial charge on any atom is -0.504 e. The molecule has 1 aromatic heterocycles. The van der Waals surface area contributed by atoms with Crippen LogP contribution in [0.1, 0.15) is 35.2 Å². The van der Waals surface area contributed by atoms with E-state index in [1.807, 2.05) is 30.4 Å². The fraction of sp³-hybridized carbons (Fsp3) is 0.333. The number of nitrogens with zero attached hydrogens (tertiary/aromatic N) is 1. The third kappa shape index (κ3) is 3.46. The molecule has 0 amide bonds. The SMILES string of the molecule is C=CCN1CC[C@@]23C4C5=C(O)C=CC4CC1[C@]2(c1cccc(OCCl)c1)Cc1c([nH]c2ccccc12)[C@]3(Cc1ccccc1Cl)O5. The fourth-order valence-electron chi connectivity index (χ4n) is 10.7. The average molecular weight is 652 g/mol. The van der Waals surface area contributed by atoms with Crippen molar-refractivity contribution in [3.8, 4) is 5.75 Å². The topological polar surface area (TPSA) is 57.7 Å². The van der Waals surface area contributed by atoms with Gasteiger partial charge in [0.05, 0.1) is 5.69 Å². The average Bonchev–Trinajstić information content (AvgIpc) is 3.58. The van der Waals surface area contributed by atoms with Gasteiger partial charge in [-0.25, -0.2) is 0 Å². The molecule has 3 heterocycles. The van der Waals surface area contributed by atoms with Gasteiger partial charge in [0.25, 0.3) is 0 Å². The maximum absolute atomic E-state index is 11.6. The monoisotopic (exact) mass is 650 g/mol. The Morgan fingerprint density at radius 2 is 1.96 bits per heavy atom. The van der Waals surface area contributed by atoms with E-state index in [0.29, 0.717) is 6.42 Å². The van der Waals surface area contributed by atoms with Crippen molar-refractivity contribution in [2.45, 2.75) is 42.7 Å². The lowest BCUT2D eigenvalue weighted by molar-refractivity contribution is -0.195. The lowest BCUT2D eigenvalue weighted by Gasteiger charge is -2.71. The number of piperidine rings is 1. The number of fused-ring (bicyclic) bond motifs is 4. The molecule has 46 heavy (non-hydrogen) atoms. The van der Waals surface area contributed by atoms with Crippen LogP contribution in [0, 0.1) is 17.3 Å². The van der Waals surface area contributed by atoms with Gasteiger partial charge in [-0.05, 0) is 78.8 Å². The Balaban J connectivity index is 1.44. The van der Waals surface area contributed by atoms with Gasteiger partial charge in [0, 0.05) is 51.7 Å². The number of ether oxygens (including phenoxy) is 2. The number of alkyl halides is 1. The lowest BCUT2D eigenvalue weighted by atomic mass is 9.34. The molecule has 7 heteroatoms. The summed E-state index contributed by atoms with van der Waals surface area (Å²) in [7, 11) is 0. The second kappa shape index (κ2) is 10.2. The molecule has 1 spiro atoms. The number of benzene rings is 3. The van der Waals surface area contributed by atoms with E-state index in [0.717, 1.165) is 65.7 Å². The summed E-state index contributed by atoms with van der Waals surface area (Å²) in [5.74, 6) is 1.91. The summed E-state index contributed by atoms with van der Waals surface area (Å²) in [6.07, 6.45) is 9.36. The summed E-state index contributed by atoms with van der Waals surface area (Å²) in [6.45, 7) is 5.89. The first kappa shape index (κ1) is 28.6. The highest BCUT2D eigenvalue weighted by Gasteiger charge is 2.82. The maximum Gasteiger partial charge on any atom is 0.162 e. The van der Waals surface area contributed by atoms with Crippen LogP contribution in [0.4, 0.5) is 0 Å². The number of allylic oxidation sites excluding steroid dienone is 3. The largest absolute Gasteiger partial charge is 0.504 e. The quantitative estimate of drug-likeness (QED) is 0.155. The molecule has 3 unspecified atom stereocenters. The Bertz CT molecular complexity index is 1970. The van der Waals surface area contributed by atoms with Gasteiger partial charge in [-0.2, -0.15) is 0 Å². The van der Waals surface area contributed by atoms with Crippen molar-refractivity contribution in [2.24, 2.45) is 17.3 Å². The Morgan fingerprint density at radius 3 is 2.80 bits per heavy atom. The van der Waals surface area contributed by atoms with Gasteiger partial charge in [0.1, 0.15) is 11.5 Å². The Hall–Kier alpha value is -3.64. The first-order valence-electron chi connectivity index (χ1n) is 16.3. The molecule has 5 aliphatic rings. The summed E-state index contributed by atoms with van der Waals surface area (Å²) >= 11 is 13.1. The number of aliphatic hydroxyl groups is 1. The van der Waals surface area contributed by atoms with E-state index in [1.165, 1.54) is 16.5 Å². The van der Waals surface area contributed by atoms with Crippen LogP contribution in [-0.4, -0.2) is 40.2 Å². The third-order valence-electron chi connectivity index (χ3n) is 12.1. The van der Waals surface area contributed by atoms with E-state index in [-0.39, 0.29) is 29.7 Å². The van der Waals surface area contributed by atoms with E-state index in [2.05, 4.69) is 77.1 Å². The van der Waals surface area contributed by atoms with E-state index < -0.39 is 16.4 Å². The molecule has 3 fully saturated rings. The maximum atomic E-state index is 11.6. The number of nitrogens with one attached hydrogen (secondary N) is 1. The number of aromatic amines is 1. The van der Waals surface area contributed by atoms with Crippen LogP contribution >= 0.6 is 23.2 Å². The molecule has 3 aromatic carbocycles. The standard InChI is InChI=1S/C39H36Cl2N2O3/c1-2-17-43-18-16-38-34-24-14-15-32(44)35(34)46-39(38,21-25-8-3-5-12-30(25)41)36-29(28-11-4-6-13-31(28)42-36)22-37(38,33(43)19-24)26-9-7-10-27(20-26)45-23-40/h2-15,20,24,33-34,42,44H,1,16-19,21-23H2/t24?,33?,34?,37-,38-,39+/m1/s1. The van der Waals surface area contributed by atoms with Crippen molar-refractivity contribution < 1.29 is 14.6 Å². The van der Waals surface area contributed by atoms with Gasteiger partial charge in [-0.1, -0.05) is 83.9 Å². The molecular formula is C39H36Cl2N2O3. The Kier molecular flexibility index (Phi) is 6.32. The molecular weight excluding hydrogens is 615 g/mol. The van der Waals surface area contributed by atoms with Crippen LogP contribution < -0.4 is 4.74 Å². The van der Waals surface area contributed by atoms with Crippen molar-refractivity contribution in [2.75, 3.05) is 19.2 Å². The summed E-state index contributed by atoms with van der Waals surface area (Å²) in [5, 5.41) is 13.6. The zero-order valence-corrected chi connectivity index (χ0v) is 27.0. The van der Waals surface area contributed by atoms with Gasteiger partial charge in [0.2, 0.25) is 0 Å². The van der Waals surface area contributed by atoms with Gasteiger partial charge < -0.3 is 19.6 Å². The number of aliphatic hydroxyl groups excluding tert-OH is 1. The molecule has 234 valence electrons. The second-order valence-electron chi connectivity index (χ2n) is 13.7. The molecule has 3 aliphatic carbocycles. The van der Waals surface area contributed by atoms with E-state index in [9.17, 15) is 5.11 Å². The molecule has 1 saturated carbocycles. The highest BCUT2D eigenvalue weighted by Crippen LogP contribution is 2.79. The van der Waals surface area contributed by atoms with E-state index in [1.54, 1.807) is 0 Å². The number of rotatable bonds is 7. The smallest absolute Gasteiger partial charge is 0.162 e.